The highest BCUT2D eigenvalue weighted by Crippen LogP contribution is 2.29. The average Bonchev–Trinajstić information content (AvgIpc) is 2.90. The zero-order chi connectivity index (χ0) is 14.8. The lowest BCUT2D eigenvalue weighted by Gasteiger charge is -2.10. The summed E-state index contributed by atoms with van der Waals surface area (Å²) in [6, 6.07) is 7.96. The van der Waals surface area contributed by atoms with Gasteiger partial charge in [0.25, 0.3) is 0 Å². The van der Waals surface area contributed by atoms with Crippen molar-refractivity contribution in [2.24, 2.45) is 0 Å². The van der Waals surface area contributed by atoms with E-state index >= 15 is 0 Å². The van der Waals surface area contributed by atoms with Crippen LogP contribution in [0.25, 0.3) is 22.4 Å². The van der Waals surface area contributed by atoms with Gasteiger partial charge in [0.1, 0.15) is 11.8 Å². The third kappa shape index (κ3) is 2.54. The summed E-state index contributed by atoms with van der Waals surface area (Å²) in [5.41, 5.74) is 5.02. The van der Waals surface area contributed by atoms with Crippen LogP contribution in [0.5, 0.6) is 0 Å². The van der Waals surface area contributed by atoms with Crippen LogP contribution in [0.15, 0.2) is 34.9 Å². The Balaban J connectivity index is 2.07. The molecule has 1 N–H and O–H groups in total. The second-order valence-electron chi connectivity index (χ2n) is 5.12. The summed E-state index contributed by atoms with van der Waals surface area (Å²) >= 11 is 0. The predicted octanol–water partition coefficient (Wildman–Crippen LogP) is 3.62. The first-order valence-corrected chi connectivity index (χ1v) is 7.22. The van der Waals surface area contributed by atoms with Gasteiger partial charge < -0.3 is 9.73 Å². The molecule has 3 rings (SSSR count). The summed E-state index contributed by atoms with van der Waals surface area (Å²) in [7, 11) is 0. The fourth-order valence-corrected chi connectivity index (χ4v) is 2.52. The minimum atomic E-state index is 0.732. The van der Waals surface area contributed by atoms with Crippen LogP contribution in [0.2, 0.25) is 0 Å². The highest BCUT2D eigenvalue weighted by Gasteiger charge is 2.13. The van der Waals surface area contributed by atoms with Crippen molar-refractivity contribution in [1.29, 1.82) is 0 Å². The van der Waals surface area contributed by atoms with E-state index in [0.717, 1.165) is 46.8 Å². The van der Waals surface area contributed by atoms with Gasteiger partial charge in [-0.25, -0.2) is 9.97 Å². The van der Waals surface area contributed by atoms with Crippen LogP contribution in [-0.2, 0) is 6.54 Å². The van der Waals surface area contributed by atoms with Crippen molar-refractivity contribution < 1.29 is 4.42 Å². The van der Waals surface area contributed by atoms with Crippen LogP contribution in [0.1, 0.15) is 23.9 Å². The van der Waals surface area contributed by atoms with E-state index < -0.39 is 0 Å². The highest BCUT2D eigenvalue weighted by atomic mass is 16.3. The third-order valence-electron chi connectivity index (χ3n) is 3.69. The Morgan fingerprint density at radius 3 is 2.52 bits per heavy atom. The number of hydrogen-bond acceptors (Lipinski definition) is 4. The van der Waals surface area contributed by atoms with Gasteiger partial charge >= 0.3 is 0 Å². The zero-order valence-corrected chi connectivity index (χ0v) is 12.6. The Bertz CT molecular complexity index is 754. The molecule has 0 aliphatic rings. The number of nitrogens with zero attached hydrogens (tertiary/aromatic N) is 2. The molecular weight excluding hydrogens is 262 g/mol. The van der Waals surface area contributed by atoms with Gasteiger partial charge in [-0.1, -0.05) is 25.1 Å². The zero-order valence-electron chi connectivity index (χ0n) is 12.6. The normalized spacial score (nSPS) is 11.2. The number of para-hydroxylation sites is 1. The number of hydrogen-bond donors (Lipinski definition) is 1. The van der Waals surface area contributed by atoms with E-state index in [4.69, 9.17) is 4.42 Å². The molecule has 1 aromatic carbocycles. The van der Waals surface area contributed by atoms with E-state index in [1.807, 2.05) is 38.1 Å². The molecule has 0 aliphatic carbocycles. The quantitative estimate of drug-likeness (QED) is 0.793. The molecule has 0 unspecified atom stereocenters. The molecule has 2 aromatic heterocycles. The maximum atomic E-state index is 5.59. The molecule has 0 atom stereocenters. The third-order valence-corrected chi connectivity index (χ3v) is 3.69. The number of benzene rings is 1. The lowest BCUT2D eigenvalue weighted by atomic mass is 10.1. The molecule has 0 aliphatic heterocycles. The van der Waals surface area contributed by atoms with Crippen molar-refractivity contribution in [2.45, 2.75) is 27.3 Å². The van der Waals surface area contributed by atoms with E-state index in [1.54, 1.807) is 6.26 Å². The summed E-state index contributed by atoms with van der Waals surface area (Å²) in [6.07, 6.45) is 1.74. The molecule has 0 fully saturated rings. The summed E-state index contributed by atoms with van der Waals surface area (Å²) in [5.74, 6) is 0.732. The molecule has 0 radical (unpaired) electrons. The van der Waals surface area contributed by atoms with Gasteiger partial charge in [-0.15, -0.1) is 0 Å². The minimum absolute atomic E-state index is 0.732. The molecule has 4 heteroatoms. The maximum absolute atomic E-state index is 5.59. The van der Waals surface area contributed by atoms with Gasteiger partial charge in [0.05, 0.1) is 5.56 Å². The van der Waals surface area contributed by atoms with Gasteiger partial charge in [-0.2, -0.15) is 0 Å². The Labute approximate surface area is 124 Å². The number of aromatic nitrogens is 2. The number of fused-ring (bicyclic) bond motifs is 1. The molecule has 3 aromatic rings. The van der Waals surface area contributed by atoms with Crippen molar-refractivity contribution in [2.75, 3.05) is 6.54 Å². The van der Waals surface area contributed by atoms with Crippen molar-refractivity contribution in [3.8, 4) is 11.4 Å². The van der Waals surface area contributed by atoms with Crippen molar-refractivity contribution in [1.82, 2.24) is 15.3 Å². The Kier molecular flexibility index (Phi) is 3.71. The van der Waals surface area contributed by atoms with E-state index in [0.29, 0.717) is 0 Å². The molecule has 0 bridgehead atoms. The van der Waals surface area contributed by atoms with Crippen LogP contribution < -0.4 is 5.32 Å². The molecular formula is C17H19N3O. The van der Waals surface area contributed by atoms with Crippen molar-refractivity contribution in [3.63, 3.8) is 0 Å². The number of furan rings is 1. The second kappa shape index (κ2) is 5.66. The Morgan fingerprint density at radius 2 is 1.81 bits per heavy atom. The molecule has 2 heterocycles. The minimum Gasteiger partial charge on any atom is -0.464 e. The standard InChI is InChI=1S/C17H19N3O/c1-4-18-9-14-11(2)19-17(20-12(14)3)15-10-21-16-8-6-5-7-13(15)16/h5-8,10,18H,4,9H2,1-3H3. The number of aryl methyl sites for hydroxylation is 2. The number of nitrogens with one attached hydrogen (secondary N) is 1. The van der Waals surface area contributed by atoms with Gasteiger partial charge in [-0.3, -0.25) is 0 Å². The SMILES string of the molecule is CCNCc1c(C)nc(-c2coc3ccccc23)nc1C. The number of rotatable bonds is 4. The highest BCUT2D eigenvalue weighted by molar-refractivity contribution is 5.91. The van der Waals surface area contributed by atoms with Crippen LogP contribution in [0.3, 0.4) is 0 Å². The summed E-state index contributed by atoms with van der Waals surface area (Å²) in [5, 5.41) is 4.38. The molecule has 0 saturated carbocycles. The predicted molar refractivity (Wildman–Crippen MR) is 84.1 cm³/mol. The maximum Gasteiger partial charge on any atom is 0.163 e. The molecule has 0 amide bonds. The summed E-state index contributed by atoms with van der Waals surface area (Å²) < 4.78 is 5.59. The average molecular weight is 281 g/mol. The van der Waals surface area contributed by atoms with Gasteiger partial charge in [0.2, 0.25) is 0 Å². The van der Waals surface area contributed by atoms with Crippen molar-refractivity contribution >= 4 is 11.0 Å². The fourth-order valence-electron chi connectivity index (χ4n) is 2.52. The first kappa shape index (κ1) is 13.8. The van der Waals surface area contributed by atoms with Gasteiger partial charge in [-0.05, 0) is 26.5 Å². The van der Waals surface area contributed by atoms with E-state index in [-0.39, 0.29) is 0 Å². The lowest BCUT2D eigenvalue weighted by Crippen LogP contribution is -2.15. The fraction of sp³-hybridized carbons (Fsp3) is 0.294. The van der Waals surface area contributed by atoms with Gasteiger partial charge in [0, 0.05) is 28.9 Å². The Hall–Kier alpha value is -2.20. The van der Waals surface area contributed by atoms with E-state index in [9.17, 15) is 0 Å². The summed E-state index contributed by atoms with van der Waals surface area (Å²) in [4.78, 5) is 9.34. The molecule has 108 valence electrons. The molecule has 21 heavy (non-hydrogen) atoms. The first-order valence-electron chi connectivity index (χ1n) is 7.22. The topological polar surface area (TPSA) is 51.0 Å². The largest absolute Gasteiger partial charge is 0.464 e. The van der Waals surface area contributed by atoms with Crippen LogP contribution in [0.4, 0.5) is 0 Å². The molecule has 0 saturated heterocycles. The van der Waals surface area contributed by atoms with E-state index in [1.165, 1.54) is 5.56 Å². The van der Waals surface area contributed by atoms with E-state index in [2.05, 4.69) is 22.2 Å². The van der Waals surface area contributed by atoms with Gasteiger partial charge in [0.15, 0.2) is 5.82 Å². The lowest BCUT2D eigenvalue weighted by molar-refractivity contribution is 0.616. The smallest absolute Gasteiger partial charge is 0.163 e. The molecule has 4 nitrogen and oxygen atoms in total. The van der Waals surface area contributed by atoms with Crippen LogP contribution >= 0.6 is 0 Å². The van der Waals surface area contributed by atoms with Crippen LogP contribution in [0, 0.1) is 13.8 Å². The Morgan fingerprint density at radius 1 is 1.10 bits per heavy atom. The summed E-state index contributed by atoms with van der Waals surface area (Å²) in [6.45, 7) is 7.91. The first-order chi connectivity index (χ1) is 10.2. The second-order valence-corrected chi connectivity index (χ2v) is 5.12. The van der Waals surface area contributed by atoms with Crippen LogP contribution in [-0.4, -0.2) is 16.5 Å². The monoisotopic (exact) mass is 281 g/mol. The molecule has 0 spiro atoms. The van der Waals surface area contributed by atoms with Crippen molar-refractivity contribution in [3.05, 3.63) is 47.5 Å².